The minimum absolute atomic E-state index is 0.302. The first-order valence-corrected chi connectivity index (χ1v) is 8.55. The first-order valence-electron chi connectivity index (χ1n) is 7.73. The molecule has 1 atom stereocenters. The van der Waals surface area contributed by atoms with E-state index in [9.17, 15) is 4.79 Å². The number of aryl methyl sites for hydroxylation is 1. The fourth-order valence-electron chi connectivity index (χ4n) is 2.64. The molecule has 0 spiro atoms. The second-order valence-electron chi connectivity index (χ2n) is 6.19. The van der Waals surface area contributed by atoms with Crippen molar-refractivity contribution >= 4 is 17.2 Å². The molecule has 1 fully saturated rings. The van der Waals surface area contributed by atoms with Gasteiger partial charge in [0.1, 0.15) is 0 Å². The monoisotopic (exact) mass is 309 g/mol. The highest BCUT2D eigenvalue weighted by Crippen LogP contribution is 2.19. The quantitative estimate of drug-likeness (QED) is 0.836. The molecule has 1 amide bonds. The third-order valence-corrected chi connectivity index (χ3v) is 4.92. The molecule has 1 N–H and O–H groups in total. The average molecular weight is 309 g/mol. The number of thiophene rings is 1. The summed E-state index contributed by atoms with van der Waals surface area (Å²) in [6.07, 6.45) is 1.82. The molecule has 0 saturated carbocycles. The van der Waals surface area contributed by atoms with Gasteiger partial charge in [0.2, 0.25) is 5.91 Å². The predicted molar refractivity (Wildman–Crippen MR) is 88.6 cm³/mol. The van der Waals surface area contributed by atoms with Gasteiger partial charge in [-0.05, 0) is 58.6 Å². The highest BCUT2D eigenvalue weighted by atomic mass is 32.1. The lowest BCUT2D eigenvalue weighted by atomic mass is 10.0. The van der Waals surface area contributed by atoms with Gasteiger partial charge in [-0.1, -0.05) is 0 Å². The second kappa shape index (κ2) is 7.92. The third-order valence-electron chi connectivity index (χ3n) is 3.94. The number of nitrogens with one attached hydrogen (secondary N) is 1. The van der Waals surface area contributed by atoms with Gasteiger partial charge in [-0.15, -0.1) is 11.3 Å². The molecular weight excluding hydrogens is 282 g/mol. The molecule has 1 aliphatic rings. The van der Waals surface area contributed by atoms with Crippen molar-refractivity contribution in [3.63, 3.8) is 0 Å². The van der Waals surface area contributed by atoms with Gasteiger partial charge in [0.15, 0.2) is 0 Å². The Balaban J connectivity index is 1.94. The van der Waals surface area contributed by atoms with E-state index in [-0.39, 0.29) is 0 Å². The SMILES string of the molecule is Cc1ccc(CN(CCN(C)C)C(=O)C[C@@H]2CCNC2)s1. The first-order chi connectivity index (χ1) is 10.0. The molecule has 5 heteroatoms. The van der Waals surface area contributed by atoms with Crippen molar-refractivity contribution in [1.29, 1.82) is 0 Å². The van der Waals surface area contributed by atoms with Crippen LogP contribution >= 0.6 is 11.3 Å². The van der Waals surface area contributed by atoms with Gasteiger partial charge in [0.05, 0.1) is 6.54 Å². The Morgan fingerprint density at radius 1 is 1.38 bits per heavy atom. The van der Waals surface area contributed by atoms with Crippen molar-refractivity contribution in [2.45, 2.75) is 26.3 Å². The molecule has 2 rings (SSSR count). The maximum atomic E-state index is 12.6. The Hall–Kier alpha value is -0.910. The summed E-state index contributed by atoms with van der Waals surface area (Å²) in [4.78, 5) is 19.4. The molecule has 2 heterocycles. The standard InChI is InChI=1S/C16H27N3OS/c1-13-4-5-15(21-13)12-19(9-8-18(2)3)16(20)10-14-6-7-17-11-14/h4-5,14,17H,6-12H2,1-3H3/t14-/m0/s1. The van der Waals surface area contributed by atoms with E-state index in [2.05, 4.69) is 43.4 Å². The minimum Gasteiger partial charge on any atom is -0.336 e. The van der Waals surface area contributed by atoms with E-state index < -0.39 is 0 Å². The zero-order valence-electron chi connectivity index (χ0n) is 13.4. The number of carbonyl (C=O) groups excluding carboxylic acids is 1. The van der Waals surface area contributed by atoms with Gasteiger partial charge in [0.25, 0.3) is 0 Å². The van der Waals surface area contributed by atoms with Crippen LogP contribution in [-0.2, 0) is 11.3 Å². The van der Waals surface area contributed by atoms with Crippen LogP contribution in [-0.4, -0.2) is 56.0 Å². The van der Waals surface area contributed by atoms with E-state index in [0.717, 1.165) is 39.1 Å². The highest BCUT2D eigenvalue weighted by Gasteiger charge is 2.22. The number of amides is 1. The fraction of sp³-hybridized carbons (Fsp3) is 0.688. The summed E-state index contributed by atoms with van der Waals surface area (Å²) >= 11 is 1.79. The van der Waals surface area contributed by atoms with Gasteiger partial charge in [-0.25, -0.2) is 0 Å². The summed E-state index contributed by atoms with van der Waals surface area (Å²) < 4.78 is 0. The zero-order valence-corrected chi connectivity index (χ0v) is 14.2. The van der Waals surface area contributed by atoms with Crippen LogP contribution in [0.2, 0.25) is 0 Å². The Morgan fingerprint density at radius 3 is 2.76 bits per heavy atom. The molecule has 21 heavy (non-hydrogen) atoms. The molecule has 0 radical (unpaired) electrons. The van der Waals surface area contributed by atoms with Gasteiger partial charge < -0.3 is 15.1 Å². The fourth-order valence-corrected chi connectivity index (χ4v) is 3.54. The topological polar surface area (TPSA) is 35.6 Å². The van der Waals surface area contributed by atoms with E-state index in [0.29, 0.717) is 18.2 Å². The van der Waals surface area contributed by atoms with Gasteiger partial charge in [-0.3, -0.25) is 4.79 Å². The lowest BCUT2D eigenvalue weighted by molar-refractivity contribution is -0.132. The van der Waals surface area contributed by atoms with Crippen LogP contribution in [0, 0.1) is 12.8 Å². The lowest BCUT2D eigenvalue weighted by Crippen LogP contribution is -2.37. The molecule has 1 aromatic heterocycles. The number of nitrogens with zero attached hydrogens (tertiary/aromatic N) is 2. The van der Waals surface area contributed by atoms with Crippen LogP contribution < -0.4 is 5.32 Å². The minimum atomic E-state index is 0.302. The van der Waals surface area contributed by atoms with Crippen LogP contribution in [0.4, 0.5) is 0 Å². The molecule has 0 aliphatic carbocycles. The van der Waals surface area contributed by atoms with Gasteiger partial charge in [0, 0.05) is 29.3 Å². The highest BCUT2D eigenvalue weighted by molar-refractivity contribution is 7.11. The number of hydrogen-bond acceptors (Lipinski definition) is 4. The third kappa shape index (κ3) is 5.41. The van der Waals surface area contributed by atoms with E-state index in [1.165, 1.54) is 9.75 Å². The number of likely N-dealkylation sites (N-methyl/N-ethyl adjacent to an activating group) is 1. The first kappa shape index (κ1) is 16.5. The van der Waals surface area contributed by atoms with Crippen LogP contribution in [0.3, 0.4) is 0 Å². The van der Waals surface area contributed by atoms with Gasteiger partial charge in [-0.2, -0.15) is 0 Å². The molecular formula is C16H27N3OS. The van der Waals surface area contributed by atoms with E-state index >= 15 is 0 Å². The molecule has 1 aromatic rings. The maximum Gasteiger partial charge on any atom is 0.223 e. The normalized spacial score (nSPS) is 18.4. The van der Waals surface area contributed by atoms with Crippen molar-refractivity contribution in [1.82, 2.24) is 15.1 Å². The molecule has 1 aliphatic heterocycles. The molecule has 0 bridgehead atoms. The van der Waals surface area contributed by atoms with E-state index in [1.807, 2.05) is 4.90 Å². The molecule has 1 saturated heterocycles. The Bertz CT molecular complexity index is 452. The van der Waals surface area contributed by atoms with Crippen LogP contribution in [0.25, 0.3) is 0 Å². The van der Waals surface area contributed by atoms with Crippen molar-refractivity contribution in [3.8, 4) is 0 Å². The van der Waals surface area contributed by atoms with Crippen molar-refractivity contribution < 1.29 is 4.79 Å². The summed E-state index contributed by atoms with van der Waals surface area (Å²) in [5.74, 6) is 0.820. The molecule has 4 nitrogen and oxygen atoms in total. The number of hydrogen-bond donors (Lipinski definition) is 1. The molecule has 0 unspecified atom stereocenters. The summed E-state index contributed by atoms with van der Waals surface area (Å²) in [6, 6.07) is 4.28. The number of carbonyl (C=O) groups is 1. The Morgan fingerprint density at radius 2 is 2.19 bits per heavy atom. The Labute approximate surface area is 132 Å². The second-order valence-corrected chi connectivity index (χ2v) is 7.57. The molecule has 118 valence electrons. The lowest BCUT2D eigenvalue weighted by Gasteiger charge is -2.25. The van der Waals surface area contributed by atoms with Crippen molar-refractivity contribution in [2.24, 2.45) is 5.92 Å². The largest absolute Gasteiger partial charge is 0.336 e. The van der Waals surface area contributed by atoms with Crippen LogP contribution in [0.5, 0.6) is 0 Å². The summed E-state index contributed by atoms with van der Waals surface area (Å²) in [6.45, 7) is 6.64. The van der Waals surface area contributed by atoms with Crippen LogP contribution in [0.15, 0.2) is 12.1 Å². The Kier molecular flexibility index (Phi) is 6.21. The smallest absolute Gasteiger partial charge is 0.223 e. The summed E-state index contributed by atoms with van der Waals surface area (Å²) in [5, 5.41) is 3.34. The maximum absolute atomic E-state index is 12.6. The van der Waals surface area contributed by atoms with Crippen molar-refractivity contribution in [2.75, 3.05) is 40.3 Å². The van der Waals surface area contributed by atoms with Gasteiger partial charge >= 0.3 is 0 Å². The van der Waals surface area contributed by atoms with Crippen LogP contribution in [0.1, 0.15) is 22.6 Å². The predicted octanol–water partition coefficient (Wildman–Crippen LogP) is 1.95. The summed E-state index contributed by atoms with van der Waals surface area (Å²) in [5.41, 5.74) is 0. The number of rotatable bonds is 7. The van der Waals surface area contributed by atoms with Crippen molar-refractivity contribution in [3.05, 3.63) is 21.9 Å². The molecule has 0 aromatic carbocycles. The van der Waals surface area contributed by atoms with E-state index in [4.69, 9.17) is 0 Å². The van der Waals surface area contributed by atoms with E-state index in [1.54, 1.807) is 11.3 Å². The average Bonchev–Trinajstić information content (AvgIpc) is 3.06. The zero-order chi connectivity index (χ0) is 15.2. The summed E-state index contributed by atoms with van der Waals surface area (Å²) in [7, 11) is 4.11.